The van der Waals surface area contributed by atoms with Crippen LogP contribution in [0.5, 0.6) is 0 Å². The highest BCUT2D eigenvalue weighted by atomic mass is 19.1. The van der Waals surface area contributed by atoms with E-state index < -0.39 is 11.9 Å². The molecule has 1 saturated heterocycles. The molecule has 1 fully saturated rings. The predicted octanol–water partition coefficient (Wildman–Crippen LogP) is 1.63. The number of nitrogens with one attached hydrogen (secondary N) is 1. The van der Waals surface area contributed by atoms with Crippen LogP contribution < -0.4 is 5.32 Å². The van der Waals surface area contributed by atoms with Crippen LogP contribution >= 0.6 is 0 Å². The van der Waals surface area contributed by atoms with Crippen LogP contribution in [0.4, 0.5) is 14.9 Å². The number of amides is 2. The molecule has 6 heteroatoms. The molecule has 19 heavy (non-hydrogen) atoms. The predicted molar refractivity (Wildman–Crippen MR) is 67.6 cm³/mol. The van der Waals surface area contributed by atoms with E-state index in [1.165, 1.54) is 24.0 Å². The van der Waals surface area contributed by atoms with E-state index in [-0.39, 0.29) is 29.6 Å². The van der Waals surface area contributed by atoms with Crippen LogP contribution in [0.15, 0.2) is 18.2 Å². The van der Waals surface area contributed by atoms with Gasteiger partial charge in [0.25, 0.3) is 0 Å². The van der Waals surface area contributed by atoms with Gasteiger partial charge in [-0.2, -0.15) is 0 Å². The molecule has 0 unspecified atom stereocenters. The van der Waals surface area contributed by atoms with Crippen molar-refractivity contribution < 1.29 is 19.1 Å². The summed E-state index contributed by atoms with van der Waals surface area (Å²) >= 11 is 0. The molecule has 1 aromatic carbocycles. The number of carbonyl (C=O) groups excluding carboxylic acids is 2. The molecule has 2 amide bonds. The van der Waals surface area contributed by atoms with Crippen LogP contribution in [0.25, 0.3) is 0 Å². The number of β-amino-alcohol motifs (C(OH)–C–C–N with tert-alkyl or cyclic N) is 1. The molecule has 1 aromatic rings. The van der Waals surface area contributed by atoms with Crippen molar-refractivity contribution in [1.82, 2.24) is 4.90 Å². The fourth-order valence-corrected chi connectivity index (χ4v) is 2.01. The third-order valence-corrected chi connectivity index (χ3v) is 3.05. The summed E-state index contributed by atoms with van der Waals surface area (Å²) in [7, 11) is 0. The van der Waals surface area contributed by atoms with Crippen LogP contribution in [0.2, 0.25) is 0 Å². The number of Topliss-reactive ketones (excluding diaryl/α,β-unsaturated/α-hetero) is 1. The normalized spacial score (nSPS) is 18.5. The molecule has 102 valence electrons. The van der Waals surface area contributed by atoms with Gasteiger partial charge in [-0.15, -0.1) is 0 Å². The molecule has 0 saturated carbocycles. The molecule has 5 nitrogen and oxygen atoms in total. The Morgan fingerprint density at radius 2 is 2.21 bits per heavy atom. The number of benzene rings is 1. The van der Waals surface area contributed by atoms with Crippen molar-refractivity contribution >= 4 is 17.5 Å². The van der Waals surface area contributed by atoms with Crippen molar-refractivity contribution in [3.63, 3.8) is 0 Å². The molecule has 1 heterocycles. The minimum absolute atomic E-state index is 0.00501. The lowest BCUT2D eigenvalue weighted by Gasteiger charge is -2.16. The zero-order valence-corrected chi connectivity index (χ0v) is 10.5. The van der Waals surface area contributed by atoms with Gasteiger partial charge in [0.1, 0.15) is 5.82 Å². The number of halogens is 1. The van der Waals surface area contributed by atoms with Gasteiger partial charge >= 0.3 is 6.03 Å². The second-order valence-corrected chi connectivity index (χ2v) is 4.57. The van der Waals surface area contributed by atoms with Crippen LogP contribution in [0, 0.1) is 5.82 Å². The summed E-state index contributed by atoms with van der Waals surface area (Å²) < 4.78 is 13.6. The molecular weight excluding hydrogens is 251 g/mol. The van der Waals surface area contributed by atoms with E-state index in [0.717, 1.165) is 6.07 Å². The number of nitrogens with zero attached hydrogens (tertiary/aromatic N) is 1. The number of hydrogen-bond donors (Lipinski definition) is 2. The van der Waals surface area contributed by atoms with Crippen LogP contribution in [0.1, 0.15) is 23.7 Å². The van der Waals surface area contributed by atoms with Crippen molar-refractivity contribution in [3.8, 4) is 0 Å². The smallest absolute Gasteiger partial charge is 0.321 e. The maximum atomic E-state index is 13.6. The average Bonchev–Trinajstić information content (AvgIpc) is 2.75. The molecule has 0 aliphatic carbocycles. The monoisotopic (exact) mass is 266 g/mol. The first-order chi connectivity index (χ1) is 8.97. The minimum Gasteiger partial charge on any atom is -0.391 e. The van der Waals surface area contributed by atoms with Gasteiger partial charge in [0.15, 0.2) is 5.78 Å². The van der Waals surface area contributed by atoms with E-state index in [2.05, 4.69) is 5.32 Å². The van der Waals surface area contributed by atoms with E-state index in [9.17, 15) is 19.1 Å². The summed E-state index contributed by atoms with van der Waals surface area (Å²) in [5.41, 5.74) is 0.281. The maximum absolute atomic E-state index is 13.6. The number of carbonyl (C=O) groups is 2. The molecule has 0 aromatic heterocycles. The van der Waals surface area contributed by atoms with Crippen LogP contribution in [0.3, 0.4) is 0 Å². The highest BCUT2D eigenvalue weighted by Crippen LogP contribution is 2.17. The first-order valence-corrected chi connectivity index (χ1v) is 6.02. The fourth-order valence-electron chi connectivity index (χ4n) is 2.01. The Kier molecular flexibility index (Phi) is 3.80. The van der Waals surface area contributed by atoms with Gasteiger partial charge < -0.3 is 15.3 Å². The Balaban J connectivity index is 2.05. The van der Waals surface area contributed by atoms with Crippen molar-refractivity contribution in [2.75, 3.05) is 18.4 Å². The second-order valence-electron chi connectivity index (χ2n) is 4.57. The van der Waals surface area contributed by atoms with Crippen LogP contribution in [-0.2, 0) is 0 Å². The summed E-state index contributed by atoms with van der Waals surface area (Å²) in [6.45, 7) is 2.03. The zero-order valence-electron chi connectivity index (χ0n) is 10.5. The number of aliphatic hydroxyl groups excluding tert-OH is 1. The second kappa shape index (κ2) is 5.36. The lowest BCUT2D eigenvalue weighted by Crippen LogP contribution is -2.33. The highest BCUT2D eigenvalue weighted by molar-refractivity contribution is 5.95. The first-order valence-electron chi connectivity index (χ1n) is 6.02. The van der Waals surface area contributed by atoms with E-state index in [1.54, 1.807) is 0 Å². The molecule has 0 bridgehead atoms. The van der Waals surface area contributed by atoms with Gasteiger partial charge in [-0.05, 0) is 31.5 Å². The Labute approximate surface area is 110 Å². The SMILES string of the molecule is CC(=O)c1ccc(NC(=O)N2CC[C@@H](O)C2)cc1F. The van der Waals surface area contributed by atoms with Gasteiger partial charge in [0.2, 0.25) is 0 Å². The van der Waals surface area contributed by atoms with Gasteiger partial charge in [-0.25, -0.2) is 9.18 Å². The van der Waals surface area contributed by atoms with E-state index in [0.29, 0.717) is 13.0 Å². The number of ketones is 1. The number of rotatable bonds is 2. The molecule has 2 N–H and O–H groups in total. The molecule has 0 spiro atoms. The summed E-state index contributed by atoms with van der Waals surface area (Å²) in [6.07, 6.45) is 0.0491. The third kappa shape index (κ3) is 3.08. The third-order valence-electron chi connectivity index (χ3n) is 3.05. The van der Waals surface area contributed by atoms with E-state index >= 15 is 0 Å². The summed E-state index contributed by atoms with van der Waals surface area (Å²) in [5.74, 6) is -1.02. The Bertz CT molecular complexity index is 519. The quantitative estimate of drug-likeness (QED) is 0.799. The van der Waals surface area contributed by atoms with Crippen molar-refractivity contribution in [2.24, 2.45) is 0 Å². The number of urea groups is 1. The molecule has 0 radical (unpaired) electrons. The molecule has 1 atom stereocenters. The van der Waals surface area contributed by atoms with Crippen molar-refractivity contribution in [1.29, 1.82) is 0 Å². The molecule has 2 rings (SSSR count). The molecule has 1 aliphatic rings. The zero-order chi connectivity index (χ0) is 14.0. The maximum Gasteiger partial charge on any atom is 0.321 e. The fraction of sp³-hybridized carbons (Fsp3) is 0.385. The Morgan fingerprint density at radius 1 is 1.47 bits per heavy atom. The van der Waals surface area contributed by atoms with Crippen molar-refractivity contribution in [3.05, 3.63) is 29.6 Å². The highest BCUT2D eigenvalue weighted by Gasteiger charge is 2.24. The summed E-state index contributed by atoms with van der Waals surface area (Å²) in [5, 5.41) is 11.9. The molecule has 1 aliphatic heterocycles. The summed E-state index contributed by atoms with van der Waals surface area (Å²) in [6, 6.07) is 3.55. The summed E-state index contributed by atoms with van der Waals surface area (Å²) in [4.78, 5) is 24.3. The van der Waals surface area contributed by atoms with Gasteiger partial charge in [0, 0.05) is 18.8 Å². The van der Waals surface area contributed by atoms with Gasteiger partial charge in [0.05, 0.1) is 11.7 Å². The molecular formula is C13H15FN2O3. The number of anilines is 1. The average molecular weight is 266 g/mol. The van der Waals surface area contributed by atoms with E-state index in [1.807, 2.05) is 0 Å². The Hall–Kier alpha value is -1.95. The standard InChI is InChI=1S/C13H15FN2O3/c1-8(17)11-3-2-9(6-12(11)14)15-13(19)16-5-4-10(18)7-16/h2-3,6,10,18H,4-5,7H2,1H3,(H,15,19)/t10-/m1/s1. The van der Waals surface area contributed by atoms with Gasteiger partial charge in [-0.3, -0.25) is 4.79 Å². The lowest BCUT2D eigenvalue weighted by atomic mass is 10.1. The topological polar surface area (TPSA) is 69.6 Å². The minimum atomic E-state index is -0.660. The van der Waals surface area contributed by atoms with Crippen LogP contribution in [-0.4, -0.2) is 41.0 Å². The number of likely N-dealkylation sites (tertiary alicyclic amines) is 1. The van der Waals surface area contributed by atoms with Crippen molar-refractivity contribution in [2.45, 2.75) is 19.4 Å². The first kappa shape index (κ1) is 13.5. The largest absolute Gasteiger partial charge is 0.391 e. The van der Waals surface area contributed by atoms with E-state index in [4.69, 9.17) is 0 Å². The lowest BCUT2D eigenvalue weighted by molar-refractivity contribution is 0.101. The van der Waals surface area contributed by atoms with Gasteiger partial charge in [-0.1, -0.05) is 0 Å². The Morgan fingerprint density at radius 3 is 2.74 bits per heavy atom. The number of hydrogen-bond acceptors (Lipinski definition) is 3. The number of aliphatic hydroxyl groups is 1.